The fourth-order valence-electron chi connectivity index (χ4n) is 4.35. The van der Waals surface area contributed by atoms with Crippen molar-refractivity contribution in [1.29, 1.82) is 0 Å². The van der Waals surface area contributed by atoms with E-state index < -0.39 is 0 Å². The average Bonchev–Trinajstić information content (AvgIpc) is 2.67. The van der Waals surface area contributed by atoms with Gasteiger partial charge in [-0.2, -0.15) is 0 Å². The number of hydrogen-bond donors (Lipinski definition) is 0. The summed E-state index contributed by atoms with van der Waals surface area (Å²) < 4.78 is 0. The Morgan fingerprint density at radius 1 is 1.00 bits per heavy atom. The van der Waals surface area contributed by atoms with Crippen molar-refractivity contribution in [2.45, 2.75) is 77.3 Å². The standard InChI is InChI=1S/C18H29N5O2/c1-3-14-9-5-7-11-21(14)17-16(23(24)25)18(20-13-19-17)22-12-8-6-10-15(22)4-2/h13-15H,3-12H2,1-2H3. The first kappa shape index (κ1) is 17.9. The second-order valence-corrected chi connectivity index (χ2v) is 7.13. The summed E-state index contributed by atoms with van der Waals surface area (Å²) in [6, 6.07) is 0.664. The lowest BCUT2D eigenvalue weighted by atomic mass is 9.99. The quantitative estimate of drug-likeness (QED) is 0.593. The van der Waals surface area contributed by atoms with Gasteiger partial charge in [0, 0.05) is 25.2 Å². The fraction of sp³-hybridized carbons (Fsp3) is 0.778. The van der Waals surface area contributed by atoms with Crippen molar-refractivity contribution in [3.63, 3.8) is 0 Å². The van der Waals surface area contributed by atoms with Crippen LogP contribution in [0.3, 0.4) is 0 Å². The minimum atomic E-state index is -0.271. The summed E-state index contributed by atoms with van der Waals surface area (Å²) in [5.74, 6) is 1.03. The van der Waals surface area contributed by atoms with Crippen LogP contribution in [0.15, 0.2) is 6.33 Å². The molecule has 3 heterocycles. The molecule has 2 aliphatic heterocycles. The zero-order valence-corrected chi connectivity index (χ0v) is 15.4. The molecule has 1 aromatic heterocycles. The molecule has 0 aliphatic carbocycles. The molecule has 7 nitrogen and oxygen atoms in total. The highest BCUT2D eigenvalue weighted by Gasteiger charge is 2.35. The average molecular weight is 347 g/mol. The van der Waals surface area contributed by atoms with Gasteiger partial charge in [-0.25, -0.2) is 9.97 Å². The van der Waals surface area contributed by atoms with Crippen LogP contribution in [0.5, 0.6) is 0 Å². The van der Waals surface area contributed by atoms with Gasteiger partial charge < -0.3 is 9.80 Å². The van der Waals surface area contributed by atoms with Crippen molar-refractivity contribution in [1.82, 2.24) is 9.97 Å². The first-order chi connectivity index (χ1) is 12.2. The summed E-state index contributed by atoms with van der Waals surface area (Å²) in [6.07, 6.45) is 10.1. The Morgan fingerprint density at radius 3 is 1.88 bits per heavy atom. The summed E-state index contributed by atoms with van der Waals surface area (Å²) in [5, 5.41) is 12.0. The van der Waals surface area contributed by atoms with E-state index >= 15 is 0 Å². The highest BCUT2D eigenvalue weighted by atomic mass is 16.6. The van der Waals surface area contributed by atoms with E-state index in [1.54, 1.807) is 0 Å². The van der Waals surface area contributed by atoms with Gasteiger partial charge in [-0.1, -0.05) is 13.8 Å². The largest absolute Gasteiger partial charge is 0.353 e. The van der Waals surface area contributed by atoms with Crippen LogP contribution in [0.25, 0.3) is 0 Å². The van der Waals surface area contributed by atoms with E-state index in [9.17, 15) is 10.1 Å². The molecule has 2 unspecified atom stereocenters. The normalized spacial score (nSPS) is 24.4. The lowest BCUT2D eigenvalue weighted by Gasteiger charge is -2.38. The Labute approximate surface area is 149 Å². The Balaban J connectivity index is 2.03. The molecular weight excluding hydrogens is 318 g/mol. The summed E-state index contributed by atoms with van der Waals surface area (Å²) in [4.78, 5) is 24.8. The van der Waals surface area contributed by atoms with E-state index in [0.717, 1.165) is 51.6 Å². The minimum Gasteiger partial charge on any atom is -0.348 e. The van der Waals surface area contributed by atoms with Gasteiger partial charge in [0.05, 0.1) is 4.92 Å². The number of rotatable bonds is 5. The highest BCUT2D eigenvalue weighted by Crippen LogP contribution is 2.39. The smallest absolute Gasteiger partial charge is 0.348 e. The van der Waals surface area contributed by atoms with Crippen LogP contribution < -0.4 is 9.80 Å². The van der Waals surface area contributed by atoms with E-state index in [0.29, 0.717) is 23.7 Å². The zero-order chi connectivity index (χ0) is 17.8. The molecule has 0 aromatic carbocycles. The Hall–Kier alpha value is -1.92. The van der Waals surface area contributed by atoms with Crippen LogP contribution in [0.2, 0.25) is 0 Å². The molecule has 2 aliphatic rings. The van der Waals surface area contributed by atoms with Crippen molar-refractivity contribution in [3.8, 4) is 0 Å². The molecule has 0 amide bonds. The van der Waals surface area contributed by atoms with Crippen molar-refractivity contribution >= 4 is 17.3 Å². The van der Waals surface area contributed by atoms with Crippen LogP contribution in [0, 0.1) is 10.1 Å². The Kier molecular flexibility index (Phi) is 5.71. The van der Waals surface area contributed by atoms with Crippen molar-refractivity contribution < 1.29 is 4.92 Å². The molecule has 0 bridgehead atoms. The molecular formula is C18H29N5O2. The van der Waals surface area contributed by atoms with Gasteiger partial charge >= 0.3 is 5.69 Å². The fourth-order valence-corrected chi connectivity index (χ4v) is 4.35. The molecule has 2 atom stereocenters. The molecule has 2 fully saturated rings. The Morgan fingerprint density at radius 2 is 1.48 bits per heavy atom. The second-order valence-electron chi connectivity index (χ2n) is 7.13. The van der Waals surface area contributed by atoms with Crippen molar-refractivity contribution in [3.05, 3.63) is 16.4 Å². The molecule has 0 spiro atoms. The SMILES string of the molecule is CCC1CCCCN1c1ncnc(N2CCCCC2CC)c1[N+](=O)[O-]. The molecule has 0 N–H and O–H groups in total. The third kappa shape index (κ3) is 3.55. The van der Waals surface area contributed by atoms with Crippen LogP contribution in [0.1, 0.15) is 65.2 Å². The van der Waals surface area contributed by atoms with E-state index in [1.807, 2.05) is 0 Å². The van der Waals surface area contributed by atoms with Gasteiger partial charge in [0.25, 0.3) is 0 Å². The van der Waals surface area contributed by atoms with Gasteiger partial charge in [0.15, 0.2) is 0 Å². The number of nitro groups is 1. The van der Waals surface area contributed by atoms with Gasteiger partial charge in [-0.15, -0.1) is 0 Å². The van der Waals surface area contributed by atoms with Crippen molar-refractivity contribution in [2.75, 3.05) is 22.9 Å². The van der Waals surface area contributed by atoms with E-state index in [-0.39, 0.29) is 10.6 Å². The third-order valence-electron chi connectivity index (χ3n) is 5.71. The number of nitrogens with zero attached hydrogens (tertiary/aromatic N) is 5. The lowest BCUT2D eigenvalue weighted by molar-refractivity contribution is -0.383. The first-order valence-corrected chi connectivity index (χ1v) is 9.70. The molecule has 25 heavy (non-hydrogen) atoms. The number of piperidine rings is 2. The first-order valence-electron chi connectivity index (χ1n) is 9.70. The molecule has 2 saturated heterocycles. The van der Waals surface area contributed by atoms with E-state index in [1.165, 1.54) is 19.2 Å². The number of hydrogen-bond acceptors (Lipinski definition) is 6. The van der Waals surface area contributed by atoms with Crippen LogP contribution >= 0.6 is 0 Å². The van der Waals surface area contributed by atoms with Gasteiger partial charge in [-0.05, 0) is 51.4 Å². The summed E-state index contributed by atoms with van der Waals surface area (Å²) in [7, 11) is 0. The van der Waals surface area contributed by atoms with Crippen LogP contribution in [0.4, 0.5) is 17.3 Å². The third-order valence-corrected chi connectivity index (χ3v) is 5.71. The topological polar surface area (TPSA) is 75.4 Å². The molecule has 3 rings (SSSR count). The van der Waals surface area contributed by atoms with Gasteiger partial charge in [0.1, 0.15) is 6.33 Å². The summed E-state index contributed by atoms with van der Waals surface area (Å²) >= 11 is 0. The zero-order valence-electron chi connectivity index (χ0n) is 15.4. The maximum absolute atomic E-state index is 12.0. The molecule has 7 heteroatoms. The van der Waals surface area contributed by atoms with E-state index in [2.05, 4.69) is 33.6 Å². The lowest BCUT2D eigenvalue weighted by Crippen LogP contribution is -2.42. The summed E-state index contributed by atoms with van der Waals surface area (Å²) in [5.41, 5.74) is 0.100. The molecule has 0 saturated carbocycles. The minimum absolute atomic E-state index is 0.100. The van der Waals surface area contributed by atoms with Gasteiger partial charge in [-0.3, -0.25) is 10.1 Å². The van der Waals surface area contributed by atoms with E-state index in [4.69, 9.17) is 0 Å². The monoisotopic (exact) mass is 347 g/mol. The molecule has 138 valence electrons. The molecule has 1 aromatic rings. The predicted octanol–water partition coefficient (Wildman–Crippen LogP) is 3.92. The Bertz CT molecular complexity index is 567. The number of aromatic nitrogens is 2. The maximum Gasteiger partial charge on any atom is 0.353 e. The highest BCUT2D eigenvalue weighted by molar-refractivity contribution is 5.72. The molecule has 0 radical (unpaired) electrons. The maximum atomic E-state index is 12.0. The van der Waals surface area contributed by atoms with Crippen LogP contribution in [-0.4, -0.2) is 40.1 Å². The second kappa shape index (κ2) is 7.97. The summed E-state index contributed by atoms with van der Waals surface area (Å²) in [6.45, 7) is 5.98. The van der Waals surface area contributed by atoms with Gasteiger partial charge in [0.2, 0.25) is 11.6 Å². The van der Waals surface area contributed by atoms with Crippen LogP contribution in [-0.2, 0) is 0 Å². The predicted molar refractivity (Wildman–Crippen MR) is 99.2 cm³/mol. The number of anilines is 2. The van der Waals surface area contributed by atoms with Crippen molar-refractivity contribution in [2.24, 2.45) is 0 Å².